The van der Waals surface area contributed by atoms with Gasteiger partial charge >= 0.3 is 0 Å². The summed E-state index contributed by atoms with van der Waals surface area (Å²) >= 11 is 0. The topological polar surface area (TPSA) is 92.5 Å². The van der Waals surface area contributed by atoms with Gasteiger partial charge in [0, 0.05) is 6.54 Å². The lowest BCUT2D eigenvalue weighted by molar-refractivity contribution is 0.359. The molecule has 1 fully saturated rings. The second kappa shape index (κ2) is 3.43. The van der Waals surface area contributed by atoms with Gasteiger partial charge < -0.3 is 9.84 Å². The molecule has 1 unspecified atom stereocenters. The number of aromatic amines is 1. The van der Waals surface area contributed by atoms with Gasteiger partial charge in [-0.3, -0.25) is 0 Å². The highest BCUT2D eigenvalue weighted by Crippen LogP contribution is 2.22. The number of aromatic nitrogens is 5. The number of rotatable bonds is 2. The van der Waals surface area contributed by atoms with Crippen molar-refractivity contribution in [2.75, 3.05) is 13.1 Å². The first kappa shape index (κ1) is 8.54. The summed E-state index contributed by atoms with van der Waals surface area (Å²) in [6.45, 7) is 1.91. The molecule has 15 heavy (non-hydrogen) atoms. The van der Waals surface area contributed by atoms with Gasteiger partial charge in [-0.25, -0.2) is 0 Å². The van der Waals surface area contributed by atoms with E-state index in [1.165, 1.54) is 0 Å². The van der Waals surface area contributed by atoms with Gasteiger partial charge in [0.2, 0.25) is 11.7 Å². The van der Waals surface area contributed by atoms with Crippen LogP contribution in [0.15, 0.2) is 10.7 Å². The van der Waals surface area contributed by atoms with Crippen LogP contribution in [0.1, 0.15) is 18.2 Å². The third-order valence-electron chi connectivity index (χ3n) is 2.50. The number of hydrogen-bond acceptors (Lipinski definition) is 6. The molecule has 2 N–H and O–H groups in total. The van der Waals surface area contributed by atoms with Crippen molar-refractivity contribution in [2.45, 2.75) is 12.3 Å². The lowest BCUT2D eigenvalue weighted by Crippen LogP contribution is -2.08. The van der Waals surface area contributed by atoms with Crippen molar-refractivity contribution in [3.8, 4) is 11.5 Å². The van der Waals surface area contributed by atoms with Crippen LogP contribution < -0.4 is 5.32 Å². The summed E-state index contributed by atoms with van der Waals surface area (Å²) in [4.78, 5) is 4.29. The average Bonchev–Trinajstić information content (AvgIpc) is 3.02. The van der Waals surface area contributed by atoms with Crippen molar-refractivity contribution < 1.29 is 4.52 Å². The molecule has 0 aromatic carbocycles. The van der Waals surface area contributed by atoms with Gasteiger partial charge in [0.05, 0.1) is 12.1 Å². The fraction of sp³-hybridized carbons (Fsp3) is 0.500. The highest BCUT2D eigenvalue weighted by Gasteiger charge is 2.23. The van der Waals surface area contributed by atoms with Crippen LogP contribution in [0.5, 0.6) is 0 Å². The van der Waals surface area contributed by atoms with Gasteiger partial charge in [0.25, 0.3) is 0 Å². The zero-order valence-corrected chi connectivity index (χ0v) is 7.97. The summed E-state index contributed by atoms with van der Waals surface area (Å²) in [6.07, 6.45) is 2.61. The van der Waals surface area contributed by atoms with Crippen molar-refractivity contribution in [3.05, 3.63) is 12.1 Å². The second-order valence-corrected chi connectivity index (χ2v) is 3.50. The maximum absolute atomic E-state index is 5.19. The molecule has 2 aromatic heterocycles. The maximum atomic E-state index is 5.19. The Morgan fingerprint density at radius 2 is 2.47 bits per heavy atom. The van der Waals surface area contributed by atoms with Gasteiger partial charge in [0.1, 0.15) is 0 Å². The molecule has 7 nitrogen and oxygen atoms in total. The molecule has 0 radical (unpaired) electrons. The lowest BCUT2D eigenvalue weighted by atomic mass is 10.1. The molecular formula is C8H10N6O. The highest BCUT2D eigenvalue weighted by atomic mass is 16.5. The largest absolute Gasteiger partial charge is 0.339 e. The Morgan fingerprint density at radius 1 is 1.47 bits per heavy atom. The monoisotopic (exact) mass is 206 g/mol. The molecule has 3 heterocycles. The quantitative estimate of drug-likeness (QED) is 0.714. The normalized spacial score (nSPS) is 20.9. The standard InChI is InChI=1S/C8H10N6O/c1-2-9-3-5(1)8-11-7(13-15-8)6-4-10-14-12-6/h4-5,9H,1-3H2,(H,10,12,14). The van der Waals surface area contributed by atoms with Crippen LogP contribution in [0.3, 0.4) is 0 Å². The third-order valence-corrected chi connectivity index (χ3v) is 2.50. The zero-order chi connectivity index (χ0) is 10.1. The summed E-state index contributed by atoms with van der Waals surface area (Å²) in [7, 11) is 0. The first-order chi connectivity index (χ1) is 7.43. The van der Waals surface area contributed by atoms with Crippen LogP contribution in [0, 0.1) is 0 Å². The Morgan fingerprint density at radius 3 is 3.20 bits per heavy atom. The average molecular weight is 206 g/mol. The molecule has 0 spiro atoms. The second-order valence-electron chi connectivity index (χ2n) is 3.50. The van der Waals surface area contributed by atoms with E-state index in [0.29, 0.717) is 23.3 Å². The minimum atomic E-state index is 0.332. The first-order valence-corrected chi connectivity index (χ1v) is 4.84. The Labute approximate surface area is 85.3 Å². The van der Waals surface area contributed by atoms with Crippen molar-refractivity contribution in [1.29, 1.82) is 0 Å². The summed E-state index contributed by atoms with van der Waals surface area (Å²) in [5, 5.41) is 17.2. The van der Waals surface area contributed by atoms with Crippen LogP contribution in [-0.2, 0) is 0 Å². The summed E-state index contributed by atoms with van der Waals surface area (Å²) in [5.74, 6) is 1.50. The van der Waals surface area contributed by atoms with Crippen molar-refractivity contribution in [1.82, 2.24) is 30.9 Å². The highest BCUT2D eigenvalue weighted by molar-refractivity contribution is 5.44. The molecule has 78 valence electrons. The van der Waals surface area contributed by atoms with E-state index in [1.54, 1.807) is 6.20 Å². The number of hydrogen-bond donors (Lipinski definition) is 2. The predicted molar refractivity (Wildman–Crippen MR) is 49.9 cm³/mol. The number of nitrogens with one attached hydrogen (secondary N) is 2. The zero-order valence-electron chi connectivity index (χ0n) is 7.97. The van der Waals surface area contributed by atoms with E-state index < -0.39 is 0 Å². The van der Waals surface area contributed by atoms with Gasteiger partial charge in [-0.1, -0.05) is 5.16 Å². The maximum Gasteiger partial charge on any atom is 0.231 e. The van der Waals surface area contributed by atoms with Gasteiger partial charge in [-0.05, 0) is 13.0 Å². The van der Waals surface area contributed by atoms with E-state index in [4.69, 9.17) is 4.52 Å². The first-order valence-electron chi connectivity index (χ1n) is 4.84. The van der Waals surface area contributed by atoms with Crippen LogP contribution >= 0.6 is 0 Å². The van der Waals surface area contributed by atoms with E-state index in [2.05, 4.69) is 30.9 Å². The molecule has 7 heteroatoms. The van der Waals surface area contributed by atoms with Crippen LogP contribution in [0.2, 0.25) is 0 Å². The predicted octanol–water partition coefficient (Wildman–Crippen LogP) is -0.0684. The Bertz CT molecular complexity index is 430. The van der Waals surface area contributed by atoms with Crippen molar-refractivity contribution in [3.63, 3.8) is 0 Å². The molecule has 0 bridgehead atoms. The summed E-state index contributed by atoms with van der Waals surface area (Å²) in [5.41, 5.74) is 0.607. The number of H-pyrrole nitrogens is 1. The minimum Gasteiger partial charge on any atom is -0.339 e. The number of nitrogens with zero attached hydrogens (tertiary/aromatic N) is 4. The Hall–Kier alpha value is -1.76. The molecular weight excluding hydrogens is 196 g/mol. The van der Waals surface area contributed by atoms with Gasteiger partial charge in [-0.15, -0.1) is 0 Å². The third kappa shape index (κ3) is 1.50. The van der Waals surface area contributed by atoms with Crippen LogP contribution in [0.25, 0.3) is 11.5 Å². The van der Waals surface area contributed by atoms with E-state index in [9.17, 15) is 0 Å². The fourth-order valence-electron chi connectivity index (χ4n) is 1.68. The van der Waals surface area contributed by atoms with E-state index in [0.717, 1.165) is 19.5 Å². The summed E-state index contributed by atoms with van der Waals surface area (Å²) in [6, 6.07) is 0. The van der Waals surface area contributed by atoms with Crippen molar-refractivity contribution in [2.24, 2.45) is 0 Å². The van der Waals surface area contributed by atoms with Crippen molar-refractivity contribution >= 4 is 0 Å². The molecule has 2 aromatic rings. The molecule has 1 saturated heterocycles. The molecule has 1 aliphatic heterocycles. The van der Waals surface area contributed by atoms with E-state index in [-0.39, 0.29) is 0 Å². The summed E-state index contributed by atoms with van der Waals surface area (Å²) < 4.78 is 5.19. The van der Waals surface area contributed by atoms with E-state index >= 15 is 0 Å². The molecule has 3 rings (SSSR count). The molecule has 0 aliphatic carbocycles. The molecule has 0 saturated carbocycles. The Balaban J connectivity index is 1.87. The van der Waals surface area contributed by atoms with Crippen LogP contribution in [-0.4, -0.2) is 38.6 Å². The van der Waals surface area contributed by atoms with E-state index in [1.807, 2.05) is 0 Å². The van der Waals surface area contributed by atoms with Crippen LogP contribution in [0.4, 0.5) is 0 Å². The molecule has 1 aliphatic rings. The minimum absolute atomic E-state index is 0.332. The lowest BCUT2D eigenvalue weighted by Gasteiger charge is -1.98. The van der Waals surface area contributed by atoms with Gasteiger partial charge in [-0.2, -0.15) is 20.4 Å². The SMILES string of the molecule is c1n[nH]nc1-c1noc(C2CCNC2)n1. The smallest absolute Gasteiger partial charge is 0.231 e. The van der Waals surface area contributed by atoms with Gasteiger partial charge in [0.15, 0.2) is 5.69 Å². The molecule has 1 atom stereocenters. The Kier molecular flexibility index (Phi) is 1.95. The fourth-order valence-corrected chi connectivity index (χ4v) is 1.68. The molecule has 0 amide bonds.